The van der Waals surface area contributed by atoms with E-state index in [9.17, 15) is 29.4 Å². The molecule has 0 aromatic carbocycles. The van der Waals surface area contributed by atoms with Crippen molar-refractivity contribution >= 4 is 24.1 Å². The number of carboxylic acids is 2. The number of unbranched alkanes of at least 4 members (excludes halogenated alkanes) is 2. The topological polar surface area (TPSA) is 135 Å². The molecule has 0 amide bonds. The number of aliphatic carboxylic acids is 2. The summed E-state index contributed by atoms with van der Waals surface area (Å²) in [5.74, 6) is 0.00206. The van der Waals surface area contributed by atoms with Crippen molar-refractivity contribution in [3.05, 3.63) is 67.8 Å². The summed E-state index contributed by atoms with van der Waals surface area (Å²) < 4.78 is 11.6. The summed E-state index contributed by atoms with van der Waals surface area (Å²) in [6.07, 6.45) is 7.96. The summed E-state index contributed by atoms with van der Waals surface area (Å²) in [5.41, 5.74) is -2.00. The third-order valence-corrected chi connectivity index (χ3v) is 6.19. The molecule has 36 heavy (non-hydrogen) atoms. The van der Waals surface area contributed by atoms with Gasteiger partial charge in [-0.05, 0) is 65.5 Å². The van der Waals surface area contributed by atoms with Crippen LogP contribution in [0.25, 0.3) is 12.2 Å². The highest BCUT2D eigenvalue weighted by atomic mass is 16.4. The van der Waals surface area contributed by atoms with Gasteiger partial charge in [-0.2, -0.15) is 0 Å². The van der Waals surface area contributed by atoms with Crippen LogP contribution in [0.2, 0.25) is 0 Å². The molecule has 2 heterocycles. The summed E-state index contributed by atoms with van der Waals surface area (Å²) in [6, 6.07) is 5.54. The van der Waals surface area contributed by atoms with Crippen molar-refractivity contribution in [1.29, 1.82) is 0 Å². The van der Waals surface area contributed by atoms with Crippen molar-refractivity contribution in [2.75, 3.05) is 0 Å². The van der Waals surface area contributed by atoms with Crippen LogP contribution in [0.3, 0.4) is 0 Å². The van der Waals surface area contributed by atoms with Gasteiger partial charge in [-0.15, -0.1) is 0 Å². The molecular formula is C28H36O8. The van der Waals surface area contributed by atoms with E-state index in [1.54, 1.807) is 39.8 Å². The Balaban J connectivity index is 1.99. The van der Waals surface area contributed by atoms with Crippen LogP contribution in [0.15, 0.2) is 42.7 Å². The van der Waals surface area contributed by atoms with E-state index in [-0.39, 0.29) is 10.9 Å². The summed E-state index contributed by atoms with van der Waals surface area (Å²) >= 11 is 0. The quantitative estimate of drug-likeness (QED) is 0.329. The molecular weight excluding hydrogens is 464 g/mol. The highest BCUT2D eigenvalue weighted by Gasteiger charge is 2.26. The molecule has 2 rings (SSSR count). The van der Waals surface area contributed by atoms with E-state index in [0.717, 1.165) is 0 Å². The average Bonchev–Trinajstić information content (AvgIpc) is 2.77. The van der Waals surface area contributed by atoms with E-state index in [1.165, 1.54) is 24.3 Å². The second-order valence-electron chi connectivity index (χ2n) is 10.4. The Labute approximate surface area is 210 Å². The molecule has 0 radical (unpaired) electrons. The highest BCUT2D eigenvalue weighted by molar-refractivity contribution is 5.73. The zero-order chi connectivity index (χ0) is 26.9. The van der Waals surface area contributed by atoms with Crippen LogP contribution in [-0.4, -0.2) is 22.2 Å². The second-order valence-corrected chi connectivity index (χ2v) is 10.4. The van der Waals surface area contributed by atoms with E-state index in [0.29, 0.717) is 74.4 Å². The van der Waals surface area contributed by atoms with Gasteiger partial charge in [-0.1, -0.05) is 12.8 Å². The molecule has 0 aliphatic rings. The van der Waals surface area contributed by atoms with Gasteiger partial charge in [0, 0.05) is 37.1 Å². The third-order valence-electron chi connectivity index (χ3n) is 6.19. The zero-order valence-electron chi connectivity index (χ0n) is 21.5. The van der Waals surface area contributed by atoms with Crippen LogP contribution in [0, 0.1) is 10.8 Å². The van der Waals surface area contributed by atoms with E-state index < -0.39 is 22.8 Å². The van der Waals surface area contributed by atoms with Gasteiger partial charge in [0.25, 0.3) is 0 Å². The van der Waals surface area contributed by atoms with Gasteiger partial charge in [0.2, 0.25) is 0 Å². The Hall–Kier alpha value is -3.42. The first-order valence-electron chi connectivity index (χ1n) is 12.2. The molecule has 0 saturated carbocycles. The fraction of sp³-hybridized carbons (Fsp3) is 0.500. The smallest absolute Gasteiger partial charge is 0.309 e. The molecule has 0 bridgehead atoms. The van der Waals surface area contributed by atoms with Crippen LogP contribution in [0.1, 0.15) is 89.3 Å². The van der Waals surface area contributed by atoms with Crippen LogP contribution in [0.5, 0.6) is 0 Å². The molecule has 8 heteroatoms. The Morgan fingerprint density at radius 2 is 1.06 bits per heavy atom. The molecule has 0 fully saturated rings. The standard InChI is InChI=1S/C28H36O8/c1-27(2,25(31)32)13-7-5-9-21-15-19(29)17-23(35-21)11-12-24-18-20(30)16-22(36-24)10-6-8-14-28(3,4)26(33)34/h11-12,15-18H,5-10,13-14H2,1-4H3,(H,31,32)(H,33,34). The maximum Gasteiger partial charge on any atom is 0.309 e. The molecule has 196 valence electrons. The molecule has 0 atom stereocenters. The Morgan fingerprint density at radius 1 is 0.694 bits per heavy atom. The lowest BCUT2D eigenvalue weighted by molar-refractivity contribution is -0.148. The monoisotopic (exact) mass is 500 g/mol. The minimum atomic E-state index is -0.834. The molecule has 8 nitrogen and oxygen atoms in total. The maximum absolute atomic E-state index is 12.1. The van der Waals surface area contributed by atoms with E-state index >= 15 is 0 Å². The lowest BCUT2D eigenvalue weighted by Crippen LogP contribution is -2.23. The SMILES string of the molecule is CC(C)(CCCCc1cc(=O)cc(C=Cc2cc(=O)cc(CCCCC(C)(C)C(=O)O)o2)o1)C(=O)O. The van der Waals surface area contributed by atoms with Crippen LogP contribution in [0.4, 0.5) is 0 Å². The lowest BCUT2D eigenvalue weighted by atomic mass is 9.87. The molecule has 0 aliphatic heterocycles. The molecule has 0 aliphatic carbocycles. The predicted octanol–water partition coefficient (Wildman–Crippen LogP) is 5.41. The van der Waals surface area contributed by atoms with Crippen molar-refractivity contribution < 1.29 is 28.6 Å². The van der Waals surface area contributed by atoms with E-state index in [4.69, 9.17) is 8.83 Å². The molecule has 2 aromatic rings. The number of carbonyl (C=O) groups is 2. The van der Waals surface area contributed by atoms with Crippen molar-refractivity contribution in [1.82, 2.24) is 0 Å². The largest absolute Gasteiger partial charge is 0.481 e. The molecule has 2 N–H and O–H groups in total. The highest BCUT2D eigenvalue weighted by Crippen LogP contribution is 2.25. The normalized spacial score (nSPS) is 12.2. The van der Waals surface area contributed by atoms with E-state index in [1.807, 2.05) is 0 Å². The number of aryl methyl sites for hydroxylation is 2. The van der Waals surface area contributed by atoms with Crippen LogP contribution < -0.4 is 10.9 Å². The van der Waals surface area contributed by atoms with Crippen LogP contribution >= 0.6 is 0 Å². The minimum Gasteiger partial charge on any atom is -0.481 e. The first kappa shape index (κ1) is 28.8. The summed E-state index contributed by atoms with van der Waals surface area (Å²) in [5, 5.41) is 18.4. The molecule has 2 aromatic heterocycles. The van der Waals surface area contributed by atoms with Crippen molar-refractivity contribution in [3.63, 3.8) is 0 Å². The molecule has 0 unspecified atom stereocenters. The van der Waals surface area contributed by atoms with Gasteiger partial charge in [-0.25, -0.2) is 0 Å². The van der Waals surface area contributed by atoms with Crippen LogP contribution in [-0.2, 0) is 22.4 Å². The fourth-order valence-electron chi connectivity index (χ4n) is 3.62. The number of rotatable bonds is 14. The maximum atomic E-state index is 12.1. The van der Waals surface area contributed by atoms with E-state index in [2.05, 4.69) is 0 Å². The van der Waals surface area contributed by atoms with Gasteiger partial charge >= 0.3 is 11.9 Å². The Bertz CT molecular complexity index is 1100. The van der Waals surface area contributed by atoms with Gasteiger partial charge in [0.1, 0.15) is 23.0 Å². The lowest BCUT2D eigenvalue weighted by Gasteiger charge is -2.18. The van der Waals surface area contributed by atoms with Crippen molar-refractivity contribution in [3.8, 4) is 0 Å². The van der Waals surface area contributed by atoms with Gasteiger partial charge < -0.3 is 19.0 Å². The third kappa shape index (κ3) is 9.32. The predicted molar refractivity (Wildman–Crippen MR) is 137 cm³/mol. The first-order chi connectivity index (χ1) is 16.8. The molecule has 0 spiro atoms. The summed E-state index contributed by atoms with van der Waals surface area (Å²) in [6.45, 7) is 6.76. The number of hydrogen-bond donors (Lipinski definition) is 2. The second kappa shape index (κ2) is 12.5. The van der Waals surface area contributed by atoms with Gasteiger partial charge in [0.05, 0.1) is 10.8 Å². The number of carboxylic acid groups (broad SMARTS) is 2. The summed E-state index contributed by atoms with van der Waals surface area (Å²) in [4.78, 5) is 46.6. The summed E-state index contributed by atoms with van der Waals surface area (Å²) in [7, 11) is 0. The fourth-order valence-corrected chi connectivity index (χ4v) is 3.62. The Kier molecular flexibility index (Phi) is 10.0. The van der Waals surface area contributed by atoms with Crippen molar-refractivity contribution in [2.45, 2.75) is 79.1 Å². The first-order valence-corrected chi connectivity index (χ1v) is 12.2. The zero-order valence-corrected chi connectivity index (χ0v) is 21.5. The Morgan fingerprint density at radius 3 is 1.39 bits per heavy atom. The molecule has 0 saturated heterocycles. The van der Waals surface area contributed by atoms with Gasteiger partial charge in [-0.3, -0.25) is 19.2 Å². The van der Waals surface area contributed by atoms with Crippen molar-refractivity contribution in [2.24, 2.45) is 10.8 Å². The van der Waals surface area contributed by atoms with Gasteiger partial charge in [0.15, 0.2) is 10.9 Å². The number of hydrogen-bond acceptors (Lipinski definition) is 6. The minimum absolute atomic E-state index is 0.207. The average molecular weight is 501 g/mol.